The SMILES string of the molecule is O=C(CCc1ccc(-c2ccc(Cl)cc2)[nH]1)NCC1(O)CCC(F)(F)CC1. The van der Waals surface area contributed by atoms with E-state index in [1.807, 2.05) is 36.4 Å². The Morgan fingerprint density at radius 2 is 1.78 bits per heavy atom. The molecule has 0 aliphatic heterocycles. The van der Waals surface area contributed by atoms with Crippen molar-refractivity contribution >= 4 is 17.5 Å². The molecule has 0 unspecified atom stereocenters. The number of aryl methyl sites for hydroxylation is 1. The van der Waals surface area contributed by atoms with E-state index in [1.54, 1.807) is 0 Å². The predicted octanol–water partition coefficient (Wildman–Crippen LogP) is 4.32. The monoisotopic (exact) mass is 396 g/mol. The molecule has 1 heterocycles. The van der Waals surface area contributed by atoms with Crippen molar-refractivity contribution in [2.24, 2.45) is 0 Å². The lowest BCUT2D eigenvalue weighted by Gasteiger charge is -2.35. The van der Waals surface area contributed by atoms with E-state index in [2.05, 4.69) is 10.3 Å². The van der Waals surface area contributed by atoms with E-state index in [1.165, 1.54) is 0 Å². The van der Waals surface area contributed by atoms with Crippen LogP contribution in [0.3, 0.4) is 0 Å². The summed E-state index contributed by atoms with van der Waals surface area (Å²) in [5.41, 5.74) is 1.64. The second kappa shape index (κ2) is 7.98. The van der Waals surface area contributed by atoms with Crippen molar-refractivity contribution in [1.82, 2.24) is 10.3 Å². The van der Waals surface area contributed by atoms with Gasteiger partial charge in [-0.1, -0.05) is 23.7 Å². The zero-order valence-electron chi connectivity index (χ0n) is 14.9. The normalized spacial score (nSPS) is 18.2. The number of hydrogen-bond acceptors (Lipinski definition) is 2. The number of nitrogens with one attached hydrogen (secondary N) is 2. The van der Waals surface area contributed by atoms with Crippen LogP contribution in [0, 0.1) is 0 Å². The zero-order chi connectivity index (χ0) is 19.5. The number of H-pyrrole nitrogens is 1. The van der Waals surface area contributed by atoms with Gasteiger partial charge in [0.05, 0.1) is 5.60 Å². The fourth-order valence-electron chi connectivity index (χ4n) is 3.24. The van der Waals surface area contributed by atoms with Gasteiger partial charge in [-0.25, -0.2) is 8.78 Å². The van der Waals surface area contributed by atoms with Crippen molar-refractivity contribution in [2.45, 2.75) is 50.0 Å². The molecule has 146 valence electrons. The van der Waals surface area contributed by atoms with Crippen molar-refractivity contribution in [1.29, 1.82) is 0 Å². The Bertz CT molecular complexity index is 780. The number of amides is 1. The molecule has 27 heavy (non-hydrogen) atoms. The van der Waals surface area contributed by atoms with Gasteiger partial charge in [0.1, 0.15) is 0 Å². The molecule has 1 aromatic heterocycles. The van der Waals surface area contributed by atoms with Crippen LogP contribution >= 0.6 is 11.6 Å². The van der Waals surface area contributed by atoms with Gasteiger partial charge in [-0.05, 0) is 49.1 Å². The van der Waals surface area contributed by atoms with Crippen molar-refractivity contribution in [2.75, 3.05) is 6.54 Å². The first-order valence-electron chi connectivity index (χ1n) is 9.06. The highest BCUT2D eigenvalue weighted by molar-refractivity contribution is 6.30. The maximum Gasteiger partial charge on any atom is 0.248 e. The van der Waals surface area contributed by atoms with Crippen molar-refractivity contribution in [3.63, 3.8) is 0 Å². The number of aliphatic hydroxyl groups is 1. The van der Waals surface area contributed by atoms with Crippen LogP contribution in [-0.2, 0) is 11.2 Å². The Balaban J connectivity index is 1.45. The number of halogens is 3. The van der Waals surface area contributed by atoms with Crippen molar-refractivity contribution in [3.05, 3.63) is 47.1 Å². The second-order valence-electron chi connectivity index (χ2n) is 7.26. The molecule has 0 spiro atoms. The van der Waals surface area contributed by atoms with Crippen LogP contribution in [0.4, 0.5) is 8.78 Å². The molecule has 0 atom stereocenters. The Morgan fingerprint density at radius 3 is 2.44 bits per heavy atom. The summed E-state index contributed by atoms with van der Waals surface area (Å²) in [5, 5.41) is 13.7. The summed E-state index contributed by atoms with van der Waals surface area (Å²) < 4.78 is 26.4. The number of carbonyl (C=O) groups excluding carboxylic acids is 1. The first kappa shape index (κ1) is 19.8. The van der Waals surface area contributed by atoms with Crippen molar-refractivity contribution < 1.29 is 18.7 Å². The molecule has 1 aliphatic carbocycles. The summed E-state index contributed by atoms with van der Waals surface area (Å²) in [6.07, 6.45) is 0.107. The second-order valence-corrected chi connectivity index (χ2v) is 7.70. The Labute approximate surface area is 161 Å². The zero-order valence-corrected chi connectivity index (χ0v) is 15.7. The molecule has 1 aliphatic rings. The fraction of sp³-hybridized carbons (Fsp3) is 0.450. The van der Waals surface area contributed by atoms with E-state index in [0.29, 0.717) is 11.4 Å². The highest BCUT2D eigenvalue weighted by atomic mass is 35.5. The van der Waals surface area contributed by atoms with Crippen LogP contribution in [0.1, 0.15) is 37.8 Å². The van der Waals surface area contributed by atoms with Gasteiger partial charge < -0.3 is 15.4 Å². The largest absolute Gasteiger partial charge is 0.388 e. The minimum atomic E-state index is -2.70. The van der Waals surface area contributed by atoms with Gasteiger partial charge in [0, 0.05) is 42.2 Å². The van der Waals surface area contributed by atoms with E-state index >= 15 is 0 Å². The molecule has 1 amide bonds. The van der Waals surface area contributed by atoms with Gasteiger partial charge in [-0.15, -0.1) is 0 Å². The first-order valence-corrected chi connectivity index (χ1v) is 9.43. The average molecular weight is 397 g/mol. The summed E-state index contributed by atoms with van der Waals surface area (Å²) in [5.74, 6) is -2.91. The number of alkyl halides is 2. The molecular weight excluding hydrogens is 374 g/mol. The number of benzene rings is 1. The third kappa shape index (κ3) is 5.53. The van der Waals surface area contributed by atoms with Crippen LogP contribution in [-0.4, -0.2) is 34.1 Å². The van der Waals surface area contributed by atoms with Crippen LogP contribution in [0.25, 0.3) is 11.3 Å². The molecular formula is C20H23ClF2N2O2. The highest BCUT2D eigenvalue weighted by Crippen LogP contribution is 2.38. The predicted molar refractivity (Wildman–Crippen MR) is 101 cm³/mol. The van der Waals surface area contributed by atoms with E-state index in [0.717, 1.165) is 17.0 Å². The highest BCUT2D eigenvalue weighted by Gasteiger charge is 2.42. The molecule has 1 aromatic carbocycles. The number of carbonyl (C=O) groups is 1. The van der Waals surface area contributed by atoms with Gasteiger partial charge >= 0.3 is 0 Å². The number of rotatable bonds is 6. The summed E-state index contributed by atoms with van der Waals surface area (Å²) in [6.45, 7) is 0.0165. The lowest BCUT2D eigenvalue weighted by atomic mass is 9.82. The van der Waals surface area contributed by atoms with Gasteiger partial charge in [-0.2, -0.15) is 0 Å². The Kier molecular flexibility index (Phi) is 5.86. The Hall–Kier alpha value is -1.92. The van der Waals surface area contributed by atoms with E-state index in [4.69, 9.17) is 11.6 Å². The number of aromatic nitrogens is 1. The molecule has 0 bridgehead atoms. The summed E-state index contributed by atoms with van der Waals surface area (Å²) in [7, 11) is 0. The van der Waals surface area contributed by atoms with Gasteiger partial charge in [-0.3, -0.25) is 4.79 Å². The summed E-state index contributed by atoms with van der Waals surface area (Å²) >= 11 is 5.89. The molecule has 7 heteroatoms. The quantitative estimate of drug-likeness (QED) is 0.680. The van der Waals surface area contributed by atoms with E-state index in [-0.39, 0.29) is 44.6 Å². The van der Waals surface area contributed by atoms with Gasteiger partial charge in [0.25, 0.3) is 0 Å². The standard InChI is InChI=1S/C20H23ClF2N2O2/c21-15-3-1-14(2-4-15)17-7-5-16(25-17)6-8-18(26)24-13-19(27)9-11-20(22,23)12-10-19/h1-5,7,25,27H,6,8-13H2,(H,24,26). The average Bonchev–Trinajstić information content (AvgIpc) is 3.11. The molecule has 0 radical (unpaired) electrons. The smallest absolute Gasteiger partial charge is 0.248 e. The first-order chi connectivity index (χ1) is 12.7. The maximum atomic E-state index is 13.2. The summed E-state index contributed by atoms with van der Waals surface area (Å²) in [4.78, 5) is 15.3. The molecule has 2 aromatic rings. The summed E-state index contributed by atoms with van der Waals surface area (Å²) in [6, 6.07) is 11.3. The number of hydrogen-bond donors (Lipinski definition) is 3. The van der Waals surface area contributed by atoms with E-state index < -0.39 is 11.5 Å². The third-order valence-corrected chi connectivity index (χ3v) is 5.30. The lowest BCUT2D eigenvalue weighted by molar-refractivity contribution is -0.125. The topological polar surface area (TPSA) is 65.1 Å². The molecule has 3 N–H and O–H groups in total. The van der Waals surface area contributed by atoms with Crippen LogP contribution in [0.2, 0.25) is 5.02 Å². The third-order valence-electron chi connectivity index (χ3n) is 5.05. The molecule has 4 nitrogen and oxygen atoms in total. The Morgan fingerprint density at radius 1 is 1.11 bits per heavy atom. The molecule has 1 fully saturated rings. The van der Waals surface area contributed by atoms with Crippen molar-refractivity contribution in [3.8, 4) is 11.3 Å². The minimum Gasteiger partial charge on any atom is -0.388 e. The molecule has 3 rings (SSSR count). The van der Waals surface area contributed by atoms with E-state index in [9.17, 15) is 18.7 Å². The minimum absolute atomic E-state index is 0.00135. The van der Waals surface area contributed by atoms with Crippen LogP contribution < -0.4 is 5.32 Å². The maximum absolute atomic E-state index is 13.2. The van der Waals surface area contributed by atoms with Gasteiger partial charge in [0.15, 0.2) is 0 Å². The van der Waals surface area contributed by atoms with Crippen LogP contribution in [0.5, 0.6) is 0 Å². The number of aromatic amines is 1. The van der Waals surface area contributed by atoms with Gasteiger partial charge in [0.2, 0.25) is 11.8 Å². The molecule has 1 saturated carbocycles. The van der Waals surface area contributed by atoms with Crippen LogP contribution in [0.15, 0.2) is 36.4 Å². The lowest BCUT2D eigenvalue weighted by Crippen LogP contribution is -2.47. The fourth-order valence-corrected chi connectivity index (χ4v) is 3.37. The molecule has 0 saturated heterocycles.